The standard InChI is InChI=1S/C27H27FN4O4/c1-5-36-27(35)18-8-6-10-20(14-18)29-23(33)13-12-22-16(2)24-17(3)30-32(25(24)31(4)26(22)34)21-11-7-9-19(28)15-21/h6-11,14-15H,5,12-13H2,1-4H3,(H,29,33). The fourth-order valence-electron chi connectivity index (χ4n) is 4.36. The molecule has 2 aromatic heterocycles. The Morgan fingerprint density at radius 3 is 2.58 bits per heavy atom. The maximum absolute atomic E-state index is 13.8. The van der Waals surface area contributed by atoms with Gasteiger partial charge in [0.25, 0.3) is 5.56 Å². The molecule has 0 atom stereocenters. The predicted molar refractivity (Wildman–Crippen MR) is 135 cm³/mol. The number of aryl methyl sites for hydroxylation is 3. The molecule has 186 valence electrons. The number of esters is 1. The minimum atomic E-state index is -0.463. The Hall–Kier alpha value is -4.27. The van der Waals surface area contributed by atoms with Crippen LogP contribution in [0.15, 0.2) is 53.3 Å². The fourth-order valence-corrected chi connectivity index (χ4v) is 4.36. The van der Waals surface area contributed by atoms with Crippen molar-refractivity contribution in [3.63, 3.8) is 0 Å². The highest BCUT2D eigenvalue weighted by Gasteiger charge is 2.20. The molecule has 0 bridgehead atoms. The van der Waals surface area contributed by atoms with Crippen molar-refractivity contribution >= 4 is 28.6 Å². The number of aromatic nitrogens is 3. The van der Waals surface area contributed by atoms with Gasteiger partial charge in [-0.2, -0.15) is 5.10 Å². The van der Waals surface area contributed by atoms with E-state index in [0.717, 1.165) is 10.9 Å². The monoisotopic (exact) mass is 490 g/mol. The van der Waals surface area contributed by atoms with Crippen LogP contribution in [0, 0.1) is 19.7 Å². The van der Waals surface area contributed by atoms with Crippen molar-refractivity contribution in [2.24, 2.45) is 7.05 Å². The van der Waals surface area contributed by atoms with Crippen molar-refractivity contribution in [1.82, 2.24) is 14.3 Å². The Balaban J connectivity index is 1.60. The number of hydrogen-bond donors (Lipinski definition) is 1. The van der Waals surface area contributed by atoms with Gasteiger partial charge in [-0.1, -0.05) is 12.1 Å². The first-order valence-electron chi connectivity index (χ1n) is 11.6. The molecule has 2 aromatic carbocycles. The fraction of sp³-hybridized carbons (Fsp3) is 0.259. The first kappa shape index (κ1) is 24.8. The van der Waals surface area contributed by atoms with Gasteiger partial charge in [-0.3, -0.25) is 14.2 Å². The summed E-state index contributed by atoms with van der Waals surface area (Å²) in [6.07, 6.45) is 0.296. The number of halogens is 1. The number of pyridine rings is 1. The SMILES string of the molecule is CCOC(=O)c1cccc(NC(=O)CCc2c(C)c3c(C)nn(-c4cccc(F)c4)c3n(C)c2=O)c1. The van der Waals surface area contributed by atoms with E-state index in [2.05, 4.69) is 10.4 Å². The lowest BCUT2D eigenvalue weighted by molar-refractivity contribution is -0.116. The number of rotatable bonds is 7. The highest BCUT2D eigenvalue weighted by Crippen LogP contribution is 2.26. The van der Waals surface area contributed by atoms with Gasteiger partial charge in [0.05, 0.1) is 23.6 Å². The van der Waals surface area contributed by atoms with Crippen LogP contribution in [0.25, 0.3) is 16.7 Å². The molecule has 36 heavy (non-hydrogen) atoms. The Morgan fingerprint density at radius 2 is 1.86 bits per heavy atom. The molecular weight excluding hydrogens is 463 g/mol. The zero-order valence-electron chi connectivity index (χ0n) is 20.6. The van der Waals surface area contributed by atoms with Gasteiger partial charge in [0.2, 0.25) is 5.91 Å². The molecule has 8 nitrogen and oxygen atoms in total. The van der Waals surface area contributed by atoms with Crippen LogP contribution in [0.2, 0.25) is 0 Å². The van der Waals surface area contributed by atoms with Gasteiger partial charge in [0.15, 0.2) is 0 Å². The molecule has 0 aliphatic rings. The third kappa shape index (κ3) is 4.77. The number of amides is 1. The smallest absolute Gasteiger partial charge is 0.338 e. The molecule has 2 heterocycles. The summed E-state index contributed by atoms with van der Waals surface area (Å²) in [5.41, 5.74) is 3.60. The lowest BCUT2D eigenvalue weighted by Crippen LogP contribution is -2.25. The molecule has 0 unspecified atom stereocenters. The van der Waals surface area contributed by atoms with Crippen molar-refractivity contribution in [3.05, 3.63) is 87.1 Å². The second-order valence-corrected chi connectivity index (χ2v) is 8.49. The molecule has 0 aliphatic carbocycles. The number of carbonyl (C=O) groups is 2. The number of hydrogen-bond acceptors (Lipinski definition) is 5. The van der Waals surface area contributed by atoms with Crippen molar-refractivity contribution in [2.45, 2.75) is 33.6 Å². The van der Waals surface area contributed by atoms with Gasteiger partial charge < -0.3 is 10.1 Å². The van der Waals surface area contributed by atoms with E-state index in [1.165, 1.54) is 16.7 Å². The third-order valence-corrected chi connectivity index (χ3v) is 6.06. The highest BCUT2D eigenvalue weighted by atomic mass is 19.1. The molecule has 0 spiro atoms. The number of carbonyl (C=O) groups excluding carboxylic acids is 2. The van der Waals surface area contributed by atoms with Crippen LogP contribution in [0.4, 0.5) is 10.1 Å². The van der Waals surface area contributed by atoms with E-state index >= 15 is 0 Å². The summed E-state index contributed by atoms with van der Waals surface area (Å²) < 4.78 is 21.9. The summed E-state index contributed by atoms with van der Waals surface area (Å²) >= 11 is 0. The summed E-state index contributed by atoms with van der Waals surface area (Å²) in [5, 5.41) is 8.13. The molecule has 1 N–H and O–H groups in total. The summed E-state index contributed by atoms with van der Waals surface area (Å²) in [6.45, 7) is 5.66. The maximum atomic E-state index is 13.8. The molecule has 0 saturated carbocycles. The average molecular weight is 491 g/mol. The highest BCUT2D eigenvalue weighted by molar-refractivity contribution is 5.94. The normalized spacial score (nSPS) is 11.0. The van der Waals surface area contributed by atoms with Crippen molar-refractivity contribution in [3.8, 4) is 5.69 Å². The quantitative estimate of drug-likeness (QED) is 0.391. The van der Waals surface area contributed by atoms with Gasteiger partial charge in [0, 0.05) is 30.1 Å². The van der Waals surface area contributed by atoms with E-state index in [4.69, 9.17) is 4.74 Å². The molecule has 9 heteroatoms. The Labute approximate surface area is 207 Å². The second kappa shape index (κ2) is 10.2. The van der Waals surface area contributed by atoms with Gasteiger partial charge in [-0.05, 0) is 69.2 Å². The molecule has 0 fully saturated rings. The van der Waals surface area contributed by atoms with E-state index in [1.807, 2.05) is 13.8 Å². The van der Waals surface area contributed by atoms with Gasteiger partial charge in [-0.25, -0.2) is 13.9 Å². The van der Waals surface area contributed by atoms with Crippen LogP contribution in [-0.2, 0) is 23.0 Å². The molecule has 0 aliphatic heterocycles. The van der Waals surface area contributed by atoms with Crippen LogP contribution >= 0.6 is 0 Å². The van der Waals surface area contributed by atoms with E-state index in [9.17, 15) is 18.8 Å². The van der Waals surface area contributed by atoms with Gasteiger partial charge >= 0.3 is 5.97 Å². The third-order valence-electron chi connectivity index (χ3n) is 6.06. The largest absolute Gasteiger partial charge is 0.462 e. The van der Waals surface area contributed by atoms with Crippen LogP contribution in [0.1, 0.15) is 40.5 Å². The number of benzene rings is 2. The van der Waals surface area contributed by atoms with E-state index < -0.39 is 11.8 Å². The maximum Gasteiger partial charge on any atom is 0.338 e. The van der Waals surface area contributed by atoms with E-state index in [0.29, 0.717) is 33.8 Å². The van der Waals surface area contributed by atoms with Crippen molar-refractivity contribution < 1.29 is 18.7 Å². The summed E-state index contributed by atoms with van der Waals surface area (Å²) in [6, 6.07) is 12.5. The van der Waals surface area contributed by atoms with Crippen LogP contribution in [-0.4, -0.2) is 32.8 Å². The lowest BCUT2D eigenvalue weighted by Gasteiger charge is -2.13. The van der Waals surface area contributed by atoms with E-state index in [-0.39, 0.29) is 30.9 Å². The van der Waals surface area contributed by atoms with Gasteiger partial charge in [-0.15, -0.1) is 0 Å². The number of fused-ring (bicyclic) bond motifs is 1. The Morgan fingerprint density at radius 1 is 1.11 bits per heavy atom. The first-order valence-corrected chi connectivity index (χ1v) is 11.6. The lowest BCUT2D eigenvalue weighted by atomic mass is 10.0. The van der Waals surface area contributed by atoms with Crippen LogP contribution in [0.3, 0.4) is 0 Å². The second-order valence-electron chi connectivity index (χ2n) is 8.49. The number of nitrogens with one attached hydrogen (secondary N) is 1. The molecule has 4 rings (SSSR count). The number of anilines is 1. The van der Waals surface area contributed by atoms with E-state index in [1.54, 1.807) is 55.1 Å². The van der Waals surface area contributed by atoms with Crippen molar-refractivity contribution in [1.29, 1.82) is 0 Å². The molecule has 0 radical (unpaired) electrons. The summed E-state index contributed by atoms with van der Waals surface area (Å²) in [7, 11) is 1.64. The number of ether oxygens (including phenoxy) is 1. The first-order chi connectivity index (χ1) is 17.2. The van der Waals surface area contributed by atoms with Crippen molar-refractivity contribution in [2.75, 3.05) is 11.9 Å². The number of nitrogens with zero attached hydrogens (tertiary/aromatic N) is 3. The van der Waals surface area contributed by atoms with Crippen LogP contribution in [0.5, 0.6) is 0 Å². The average Bonchev–Trinajstić information content (AvgIpc) is 3.20. The molecule has 0 saturated heterocycles. The summed E-state index contributed by atoms with van der Waals surface area (Å²) in [4.78, 5) is 37.9. The Bertz CT molecular complexity index is 1540. The zero-order valence-corrected chi connectivity index (χ0v) is 20.6. The molecule has 1 amide bonds. The van der Waals surface area contributed by atoms with Gasteiger partial charge in [0.1, 0.15) is 11.5 Å². The minimum Gasteiger partial charge on any atom is -0.462 e. The van der Waals surface area contributed by atoms with Crippen LogP contribution < -0.4 is 10.9 Å². The summed E-state index contributed by atoms with van der Waals surface area (Å²) in [5.74, 6) is -1.15. The zero-order chi connectivity index (χ0) is 26.0. The molecular formula is C27H27FN4O4. The Kier molecular flexibility index (Phi) is 7.00. The molecule has 4 aromatic rings. The minimum absolute atomic E-state index is 0.0717. The topological polar surface area (TPSA) is 95.2 Å². The predicted octanol–water partition coefficient (Wildman–Crippen LogP) is 4.23.